The highest BCUT2D eigenvalue weighted by Gasteiger charge is 2.07. The molecule has 18 heavy (non-hydrogen) atoms. The Morgan fingerprint density at radius 2 is 2.06 bits per heavy atom. The summed E-state index contributed by atoms with van der Waals surface area (Å²) in [5.41, 5.74) is 0.863. The van der Waals surface area contributed by atoms with Gasteiger partial charge in [-0.25, -0.2) is 0 Å². The van der Waals surface area contributed by atoms with Crippen LogP contribution in [0.25, 0.3) is 11.5 Å². The van der Waals surface area contributed by atoms with Crippen molar-refractivity contribution in [3.63, 3.8) is 0 Å². The van der Waals surface area contributed by atoms with Crippen molar-refractivity contribution in [3.8, 4) is 17.2 Å². The van der Waals surface area contributed by atoms with E-state index in [2.05, 4.69) is 17.1 Å². The van der Waals surface area contributed by atoms with Gasteiger partial charge < -0.3 is 9.26 Å². The summed E-state index contributed by atoms with van der Waals surface area (Å²) < 4.78 is 10.7. The zero-order chi connectivity index (χ0) is 12.8. The fourth-order valence-electron chi connectivity index (χ4n) is 1.45. The summed E-state index contributed by atoms with van der Waals surface area (Å²) in [6, 6.07) is 7.59. The van der Waals surface area contributed by atoms with Crippen LogP contribution in [0.15, 0.2) is 28.8 Å². The second-order valence-electron chi connectivity index (χ2n) is 3.88. The van der Waals surface area contributed by atoms with Gasteiger partial charge in [-0.05, 0) is 30.7 Å². The van der Waals surface area contributed by atoms with Crippen LogP contribution in [-0.4, -0.2) is 16.7 Å². The van der Waals surface area contributed by atoms with Gasteiger partial charge in [0.15, 0.2) is 5.82 Å². The Kier molecular flexibility index (Phi) is 4.59. The molecule has 1 aromatic heterocycles. The minimum absolute atomic E-state index is 0.252. The van der Waals surface area contributed by atoms with Crippen LogP contribution in [0.1, 0.15) is 25.6 Å². The normalized spacial score (nSPS) is 10.6. The van der Waals surface area contributed by atoms with Crippen molar-refractivity contribution in [2.24, 2.45) is 0 Å². The Balaban J connectivity index is 2.02. The molecule has 4 nitrogen and oxygen atoms in total. The van der Waals surface area contributed by atoms with E-state index in [-0.39, 0.29) is 5.88 Å². The summed E-state index contributed by atoms with van der Waals surface area (Å²) >= 11 is 5.62. The number of unbranched alkanes of at least 4 members (excludes halogenated alkanes) is 1. The second-order valence-corrected chi connectivity index (χ2v) is 4.14. The minimum atomic E-state index is 0.252. The molecule has 1 heterocycles. The maximum Gasteiger partial charge on any atom is 0.257 e. The Hall–Kier alpha value is -1.55. The zero-order valence-corrected chi connectivity index (χ0v) is 11.0. The van der Waals surface area contributed by atoms with Crippen molar-refractivity contribution in [1.29, 1.82) is 0 Å². The lowest BCUT2D eigenvalue weighted by molar-refractivity contribution is 0.309. The van der Waals surface area contributed by atoms with Crippen molar-refractivity contribution in [3.05, 3.63) is 30.1 Å². The van der Waals surface area contributed by atoms with E-state index in [9.17, 15) is 0 Å². The van der Waals surface area contributed by atoms with Crippen LogP contribution in [0, 0.1) is 0 Å². The van der Waals surface area contributed by atoms with Gasteiger partial charge in [0.25, 0.3) is 5.89 Å². The lowest BCUT2D eigenvalue weighted by atomic mass is 10.2. The third kappa shape index (κ3) is 3.23. The molecule has 96 valence electrons. The number of hydrogen-bond acceptors (Lipinski definition) is 4. The van der Waals surface area contributed by atoms with E-state index in [1.165, 1.54) is 0 Å². The molecule has 0 fully saturated rings. The fraction of sp³-hybridized carbons (Fsp3) is 0.385. The van der Waals surface area contributed by atoms with Crippen molar-refractivity contribution in [1.82, 2.24) is 10.1 Å². The van der Waals surface area contributed by atoms with Gasteiger partial charge in [-0.15, -0.1) is 11.6 Å². The van der Waals surface area contributed by atoms with E-state index >= 15 is 0 Å². The molecule has 0 N–H and O–H groups in total. The third-order valence-electron chi connectivity index (χ3n) is 2.46. The van der Waals surface area contributed by atoms with Crippen molar-refractivity contribution in [2.75, 3.05) is 6.61 Å². The molecular weight excluding hydrogens is 252 g/mol. The van der Waals surface area contributed by atoms with Crippen LogP contribution in [-0.2, 0) is 5.88 Å². The first kappa shape index (κ1) is 12.9. The predicted octanol–water partition coefficient (Wildman–Crippen LogP) is 3.65. The Morgan fingerprint density at radius 1 is 1.28 bits per heavy atom. The summed E-state index contributed by atoms with van der Waals surface area (Å²) in [6.07, 6.45) is 2.19. The average Bonchev–Trinajstić information content (AvgIpc) is 2.89. The van der Waals surface area contributed by atoms with Crippen LogP contribution in [0.2, 0.25) is 0 Å². The number of hydrogen-bond donors (Lipinski definition) is 0. The van der Waals surface area contributed by atoms with E-state index in [0.717, 1.165) is 30.8 Å². The SMILES string of the molecule is CCCCOc1ccc(-c2nc(CCl)no2)cc1. The van der Waals surface area contributed by atoms with Crippen LogP contribution in [0.3, 0.4) is 0 Å². The summed E-state index contributed by atoms with van der Waals surface area (Å²) in [6.45, 7) is 2.88. The standard InChI is InChI=1S/C13H15ClN2O2/c1-2-3-8-17-11-6-4-10(5-7-11)13-15-12(9-14)16-18-13/h4-7H,2-3,8-9H2,1H3. The molecular formula is C13H15ClN2O2. The van der Waals surface area contributed by atoms with Crippen molar-refractivity contribution in [2.45, 2.75) is 25.6 Å². The molecule has 0 aliphatic carbocycles. The fourth-order valence-corrected chi connectivity index (χ4v) is 1.56. The van der Waals surface area contributed by atoms with Crippen LogP contribution >= 0.6 is 11.6 Å². The number of rotatable bonds is 6. The summed E-state index contributed by atoms with van der Waals surface area (Å²) in [5, 5.41) is 3.74. The first-order valence-corrected chi connectivity index (χ1v) is 6.48. The van der Waals surface area contributed by atoms with Crippen LogP contribution in [0.4, 0.5) is 0 Å². The van der Waals surface area contributed by atoms with Gasteiger partial charge in [-0.3, -0.25) is 0 Å². The van der Waals surface area contributed by atoms with Crippen LogP contribution in [0.5, 0.6) is 5.75 Å². The molecule has 0 atom stereocenters. The maximum absolute atomic E-state index is 5.62. The third-order valence-corrected chi connectivity index (χ3v) is 2.69. The van der Waals surface area contributed by atoms with Gasteiger partial charge in [-0.1, -0.05) is 18.5 Å². The zero-order valence-electron chi connectivity index (χ0n) is 10.2. The van der Waals surface area contributed by atoms with Crippen molar-refractivity contribution >= 4 is 11.6 Å². The minimum Gasteiger partial charge on any atom is -0.494 e. The summed E-state index contributed by atoms with van der Waals surface area (Å²) in [4.78, 5) is 4.15. The smallest absolute Gasteiger partial charge is 0.257 e. The number of aromatic nitrogens is 2. The number of halogens is 1. The van der Waals surface area contributed by atoms with Gasteiger partial charge in [0, 0.05) is 5.56 Å². The summed E-state index contributed by atoms with van der Waals surface area (Å²) in [7, 11) is 0. The van der Waals surface area contributed by atoms with Gasteiger partial charge in [-0.2, -0.15) is 4.98 Å². The Bertz CT molecular complexity index is 482. The number of ether oxygens (including phenoxy) is 1. The molecule has 0 saturated heterocycles. The topological polar surface area (TPSA) is 48.2 Å². The summed E-state index contributed by atoms with van der Waals surface area (Å²) in [5.74, 6) is 2.08. The van der Waals surface area contributed by atoms with E-state index < -0.39 is 0 Å². The molecule has 0 bridgehead atoms. The molecule has 0 unspecified atom stereocenters. The van der Waals surface area contributed by atoms with Crippen molar-refractivity contribution < 1.29 is 9.26 Å². The Labute approximate surface area is 111 Å². The largest absolute Gasteiger partial charge is 0.494 e. The molecule has 0 aliphatic heterocycles. The van der Waals surface area contributed by atoms with E-state index in [1.54, 1.807) is 0 Å². The number of benzene rings is 1. The van der Waals surface area contributed by atoms with Gasteiger partial charge in [0.2, 0.25) is 0 Å². The average molecular weight is 267 g/mol. The monoisotopic (exact) mass is 266 g/mol. The molecule has 2 rings (SSSR count). The first-order valence-electron chi connectivity index (χ1n) is 5.95. The highest BCUT2D eigenvalue weighted by atomic mass is 35.5. The quantitative estimate of drug-likeness (QED) is 0.591. The van der Waals surface area contributed by atoms with E-state index in [0.29, 0.717) is 11.7 Å². The van der Waals surface area contributed by atoms with Gasteiger partial charge in [0.1, 0.15) is 5.75 Å². The van der Waals surface area contributed by atoms with E-state index in [1.807, 2.05) is 24.3 Å². The molecule has 0 spiro atoms. The Morgan fingerprint density at radius 3 is 2.67 bits per heavy atom. The number of alkyl halides is 1. The molecule has 5 heteroatoms. The molecule has 0 saturated carbocycles. The van der Waals surface area contributed by atoms with E-state index in [4.69, 9.17) is 20.9 Å². The van der Waals surface area contributed by atoms with Crippen LogP contribution < -0.4 is 4.74 Å². The lowest BCUT2D eigenvalue weighted by Gasteiger charge is -2.04. The molecule has 0 aliphatic rings. The lowest BCUT2D eigenvalue weighted by Crippen LogP contribution is -1.95. The van der Waals surface area contributed by atoms with Gasteiger partial charge in [0.05, 0.1) is 12.5 Å². The molecule has 2 aromatic rings. The molecule has 0 radical (unpaired) electrons. The molecule has 0 amide bonds. The highest BCUT2D eigenvalue weighted by Crippen LogP contribution is 2.21. The predicted molar refractivity (Wildman–Crippen MR) is 69.7 cm³/mol. The highest BCUT2D eigenvalue weighted by molar-refractivity contribution is 6.16. The number of nitrogens with zero attached hydrogens (tertiary/aromatic N) is 2. The van der Waals surface area contributed by atoms with Gasteiger partial charge >= 0.3 is 0 Å². The first-order chi connectivity index (χ1) is 8.83. The molecule has 1 aromatic carbocycles. The second kappa shape index (κ2) is 6.40. The maximum atomic E-state index is 5.62.